The zero-order chi connectivity index (χ0) is 22.4. The molecule has 2 aliphatic heterocycles. The summed E-state index contributed by atoms with van der Waals surface area (Å²) in [5, 5.41) is 10.7. The van der Waals surface area contributed by atoms with Crippen LogP contribution in [0.2, 0.25) is 0 Å². The van der Waals surface area contributed by atoms with Gasteiger partial charge in [0.2, 0.25) is 0 Å². The lowest BCUT2D eigenvalue weighted by molar-refractivity contribution is -0.159. The molecular formula is C24H35NO6. The van der Waals surface area contributed by atoms with Gasteiger partial charge < -0.3 is 29.0 Å². The Kier molecular flexibility index (Phi) is 5.96. The highest BCUT2D eigenvalue weighted by molar-refractivity contribution is 5.82. The lowest BCUT2D eigenvalue weighted by Crippen LogP contribution is -2.42. The third-order valence-electron chi connectivity index (χ3n) is 7.04. The van der Waals surface area contributed by atoms with Crippen molar-refractivity contribution in [2.24, 2.45) is 11.3 Å². The zero-order valence-electron chi connectivity index (χ0n) is 19.2. The second kappa shape index (κ2) is 8.26. The quantitative estimate of drug-likeness (QED) is 0.713. The molecule has 7 heteroatoms. The molecule has 3 fully saturated rings. The Bertz CT molecular complexity index is 820. The Morgan fingerprint density at radius 1 is 1.29 bits per heavy atom. The van der Waals surface area contributed by atoms with E-state index in [-0.39, 0.29) is 18.4 Å². The molecule has 0 bridgehead atoms. The number of ether oxygens (including phenoxy) is 4. The minimum atomic E-state index is -0.753. The number of aliphatic hydroxyl groups is 1. The summed E-state index contributed by atoms with van der Waals surface area (Å²) in [5.74, 6) is 1.18. The Hall–Kier alpha value is -1.83. The molecule has 1 saturated carbocycles. The lowest BCUT2D eigenvalue weighted by atomic mass is 9.72. The third-order valence-corrected chi connectivity index (χ3v) is 7.04. The van der Waals surface area contributed by atoms with Gasteiger partial charge in [0, 0.05) is 24.4 Å². The van der Waals surface area contributed by atoms with E-state index in [0.29, 0.717) is 31.4 Å². The molecule has 3 aliphatic rings. The normalized spacial score (nSPS) is 31.0. The van der Waals surface area contributed by atoms with Gasteiger partial charge >= 0.3 is 0 Å². The van der Waals surface area contributed by atoms with Gasteiger partial charge in [0.25, 0.3) is 5.91 Å². The molecular weight excluding hydrogens is 398 g/mol. The first-order valence-electron chi connectivity index (χ1n) is 11.2. The number of amides is 1. The maximum Gasteiger partial charge on any atom is 0.254 e. The summed E-state index contributed by atoms with van der Waals surface area (Å²) < 4.78 is 22.9. The highest BCUT2D eigenvalue weighted by Crippen LogP contribution is 2.47. The van der Waals surface area contributed by atoms with Crippen LogP contribution in [0.25, 0.3) is 0 Å². The summed E-state index contributed by atoms with van der Waals surface area (Å²) in [7, 11) is 1.64. The van der Waals surface area contributed by atoms with Gasteiger partial charge in [-0.2, -0.15) is 0 Å². The molecule has 1 aromatic carbocycles. The molecule has 31 heavy (non-hydrogen) atoms. The topological polar surface area (TPSA) is 77.5 Å². The molecule has 2 saturated heterocycles. The summed E-state index contributed by atoms with van der Waals surface area (Å²) in [5.41, 5.74) is 0.543. The summed E-state index contributed by atoms with van der Waals surface area (Å²) in [4.78, 5) is 15.0. The lowest BCUT2D eigenvalue weighted by Gasteiger charge is -2.34. The number of carbonyl (C=O) groups excluding carboxylic acids is 1. The standard InChI is InChI=1S/C24H35NO6/c1-15(26)24(4)14-25(22(27)21-13-30-23(2,3)31-21)11-18(24)17-8-9-19(28-5)20(10-17)29-12-16-6-7-16/h8-10,15-16,18,21,26H,6-7,11-14H2,1-5H3. The minimum Gasteiger partial charge on any atom is -0.493 e. The predicted octanol–water partition coefficient (Wildman–Crippen LogP) is 2.95. The average molecular weight is 434 g/mol. The van der Waals surface area contributed by atoms with E-state index in [4.69, 9.17) is 18.9 Å². The first kappa shape index (κ1) is 22.4. The second-order valence-corrected chi connectivity index (χ2v) is 9.94. The molecule has 0 spiro atoms. The average Bonchev–Trinajstić information content (AvgIpc) is 3.39. The van der Waals surface area contributed by atoms with Crippen LogP contribution in [0.1, 0.15) is 52.0 Å². The molecule has 2 heterocycles. The molecule has 1 amide bonds. The van der Waals surface area contributed by atoms with E-state index in [2.05, 4.69) is 0 Å². The van der Waals surface area contributed by atoms with Crippen molar-refractivity contribution in [2.45, 2.75) is 64.4 Å². The van der Waals surface area contributed by atoms with E-state index < -0.39 is 23.4 Å². The van der Waals surface area contributed by atoms with E-state index in [9.17, 15) is 9.90 Å². The number of hydrogen-bond acceptors (Lipinski definition) is 6. The van der Waals surface area contributed by atoms with Crippen LogP contribution in [0.15, 0.2) is 18.2 Å². The number of likely N-dealkylation sites (tertiary alicyclic amines) is 1. The van der Waals surface area contributed by atoms with E-state index in [1.165, 1.54) is 12.8 Å². The van der Waals surface area contributed by atoms with Crippen LogP contribution in [0.4, 0.5) is 0 Å². The van der Waals surface area contributed by atoms with Crippen molar-refractivity contribution in [3.05, 3.63) is 23.8 Å². The molecule has 0 radical (unpaired) electrons. The van der Waals surface area contributed by atoms with Gasteiger partial charge in [-0.3, -0.25) is 4.79 Å². The zero-order valence-corrected chi connectivity index (χ0v) is 19.2. The third kappa shape index (κ3) is 4.54. The number of carbonyl (C=O) groups is 1. The van der Waals surface area contributed by atoms with Crippen LogP contribution >= 0.6 is 0 Å². The van der Waals surface area contributed by atoms with Gasteiger partial charge in [0.15, 0.2) is 23.4 Å². The first-order chi connectivity index (χ1) is 14.6. The minimum absolute atomic E-state index is 0.0408. The molecule has 7 nitrogen and oxygen atoms in total. The summed E-state index contributed by atoms with van der Waals surface area (Å²) in [6, 6.07) is 5.94. The van der Waals surface area contributed by atoms with Gasteiger partial charge in [0.05, 0.1) is 26.4 Å². The molecule has 4 unspecified atom stereocenters. The van der Waals surface area contributed by atoms with E-state index >= 15 is 0 Å². The molecule has 4 atom stereocenters. The van der Waals surface area contributed by atoms with E-state index in [1.54, 1.807) is 14.0 Å². The number of rotatable bonds is 7. The SMILES string of the molecule is COc1ccc(C2CN(C(=O)C3COC(C)(C)O3)CC2(C)C(C)O)cc1OCC1CC1. The van der Waals surface area contributed by atoms with Gasteiger partial charge in [-0.15, -0.1) is 0 Å². The highest BCUT2D eigenvalue weighted by atomic mass is 16.7. The van der Waals surface area contributed by atoms with Crippen molar-refractivity contribution in [2.75, 3.05) is 33.4 Å². The van der Waals surface area contributed by atoms with E-state index in [1.807, 2.05) is 43.9 Å². The van der Waals surface area contributed by atoms with Crippen LogP contribution in [0.3, 0.4) is 0 Å². The second-order valence-electron chi connectivity index (χ2n) is 9.94. The fourth-order valence-corrected chi connectivity index (χ4v) is 4.62. The van der Waals surface area contributed by atoms with Crippen molar-refractivity contribution in [3.63, 3.8) is 0 Å². The van der Waals surface area contributed by atoms with Crippen molar-refractivity contribution in [3.8, 4) is 11.5 Å². The Morgan fingerprint density at radius 3 is 2.61 bits per heavy atom. The summed E-state index contributed by atoms with van der Waals surface area (Å²) in [6.45, 7) is 9.38. The highest BCUT2D eigenvalue weighted by Gasteiger charge is 2.50. The van der Waals surface area contributed by atoms with Crippen LogP contribution in [-0.2, 0) is 14.3 Å². The van der Waals surface area contributed by atoms with Gasteiger partial charge in [-0.05, 0) is 57.2 Å². The van der Waals surface area contributed by atoms with Crippen LogP contribution in [-0.4, -0.2) is 67.3 Å². The van der Waals surface area contributed by atoms with Crippen molar-refractivity contribution in [1.82, 2.24) is 4.90 Å². The molecule has 1 N–H and O–H groups in total. The van der Waals surface area contributed by atoms with Crippen molar-refractivity contribution < 1.29 is 28.8 Å². The monoisotopic (exact) mass is 433 g/mol. The molecule has 172 valence electrons. The molecule has 1 aliphatic carbocycles. The fraction of sp³-hybridized carbons (Fsp3) is 0.708. The Morgan fingerprint density at radius 2 is 2.03 bits per heavy atom. The smallest absolute Gasteiger partial charge is 0.254 e. The van der Waals surface area contributed by atoms with Crippen LogP contribution in [0.5, 0.6) is 11.5 Å². The largest absolute Gasteiger partial charge is 0.493 e. The van der Waals surface area contributed by atoms with E-state index in [0.717, 1.165) is 11.3 Å². The number of hydrogen-bond donors (Lipinski definition) is 1. The predicted molar refractivity (Wildman–Crippen MR) is 115 cm³/mol. The number of aliphatic hydroxyl groups excluding tert-OH is 1. The van der Waals surface area contributed by atoms with Crippen LogP contribution in [0, 0.1) is 11.3 Å². The van der Waals surface area contributed by atoms with Gasteiger partial charge in [-0.1, -0.05) is 13.0 Å². The fourth-order valence-electron chi connectivity index (χ4n) is 4.62. The van der Waals surface area contributed by atoms with Crippen molar-refractivity contribution in [1.29, 1.82) is 0 Å². The number of benzene rings is 1. The number of methoxy groups -OCH3 is 1. The first-order valence-corrected chi connectivity index (χ1v) is 11.2. The van der Waals surface area contributed by atoms with Gasteiger partial charge in [0.1, 0.15) is 0 Å². The maximum absolute atomic E-state index is 13.2. The Balaban J connectivity index is 1.57. The van der Waals surface area contributed by atoms with Crippen LogP contribution < -0.4 is 9.47 Å². The number of nitrogens with zero attached hydrogens (tertiary/aromatic N) is 1. The molecule has 4 rings (SSSR count). The summed E-state index contributed by atoms with van der Waals surface area (Å²) in [6.07, 6.45) is 1.22. The summed E-state index contributed by atoms with van der Waals surface area (Å²) >= 11 is 0. The molecule has 1 aromatic rings. The maximum atomic E-state index is 13.2. The van der Waals surface area contributed by atoms with Gasteiger partial charge in [-0.25, -0.2) is 0 Å². The molecule has 0 aromatic heterocycles. The Labute approximate surface area is 184 Å². The van der Waals surface area contributed by atoms with Crippen molar-refractivity contribution >= 4 is 5.91 Å².